The Morgan fingerprint density at radius 3 is 2.69 bits per heavy atom. The van der Waals surface area contributed by atoms with Crippen LogP contribution in [0.5, 0.6) is 5.75 Å². The quantitative estimate of drug-likeness (QED) is 0.148. The average Bonchev–Trinajstić information content (AvgIpc) is 3.32. The molecule has 0 aliphatic rings. The highest BCUT2D eigenvalue weighted by atomic mass is 35.5. The number of carbonyl (C=O) groups is 1. The molecule has 0 unspecified atom stereocenters. The number of rotatable bonds is 7. The number of fused-ring (bicyclic) bond motifs is 2. The maximum atomic E-state index is 13.5. The van der Waals surface area contributed by atoms with Gasteiger partial charge in [-0.1, -0.05) is 35.3 Å². The first-order chi connectivity index (χ1) is 18.6. The number of hydrogen-bond donors (Lipinski definition) is 1. The van der Waals surface area contributed by atoms with Crippen LogP contribution in [-0.2, 0) is 4.79 Å². The predicted molar refractivity (Wildman–Crippen MR) is 145 cm³/mol. The largest absolute Gasteiger partial charge is 0.479 e. The second-order valence-corrected chi connectivity index (χ2v) is 9.18. The molecule has 0 saturated heterocycles. The Hall–Kier alpha value is -4.74. The van der Waals surface area contributed by atoms with Crippen LogP contribution < -0.4 is 10.3 Å². The Morgan fingerprint density at radius 2 is 1.95 bits per heavy atom. The van der Waals surface area contributed by atoms with Crippen molar-refractivity contribution in [1.29, 1.82) is 0 Å². The maximum absolute atomic E-state index is 13.5. The molecule has 0 bridgehead atoms. The third kappa shape index (κ3) is 5.05. The van der Waals surface area contributed by atoms with Crippen molar-refractivity contribution in [3.8, 4) is 17.3 Å². The van der Waals surface area contributed by atoms with Gasteiger partial charge < -0.3 is 14.3 Å². The highest BCUT2D eigenvalue weighted by Crippen LogP contribution is 2.35. The van der Waals surface area contributed by atoms with E-state index in [0.717, 1.165) is 17.0 Å². The Bertz CT molecular complexity index is 1880. The number of ether oxygens (including phenoxy) is 1. The summed E-state index contributed by atoms with van der Waals surface area (Å²) in [4.78, 5) is 40.4. The van der Waals surface area contributed by atoms with Crippen molar-refractivity contribution >= 4 is 62.9 Å². The highest BCUT2D eigenvalue weighted by molar-refractivity contribution is 6.31. The van der Waals surface area contributed by atoms with E-state index in [1.54, 1.807) is 48.5 Å². The molecule has 5 aromatic rings. The van der Waals surface area contributed by atoms with Gasteiger partial charge in [0, 0.05) is 27.1 Å². The Labute approximate surface area is 228 Å². The number of nitro benzene ring substituents is 1. The molecule has 2 heterocycles. The summed E-state index contributed by atoms with van der Waals surface area (Å²) in [5.41, 5.74) is -0.278. The smallest absolute Gasteiger partial charge is 0.344 e. The number of aromatic nitrogens is 2. The molecule has 0 aliphatic heterocycles. The summed E-state index contributed by atoms with van der Waals surface area (Å²) >= 11 is 12.2. The normalized spacial score (nSPS) is 12.3. The number of halogens is 2. The van der Waals surface area contributed by atoms with Crippen LogP contribution in [0, 0.1) is 10.1 Å². The minimum atomic E-state index is -1.43. The summed E-state index contributed by atoms with van der Waals surface area (Å²) < 4.78 is 12.3. The summed E-state index contributed by atoms with van der Waals surface area (Å²) in [5, 5.41) is 26.6. The number of benzene rings is 3. The first-order valence-electron chi connectivity index (χ1n) is 11.3. The van der Waals surface area contributed by atoms with Crippen LogP contribution in [0.15, 0.2) is 75.0 Å². The zero-order chi connectivity index (χ0) is 27.8. The molecule has 0 radical (unpaired) electrons. The molecule has 11 nitrogen and oxygen atoms in total. The van der Waals surface area contributed by atoms with Gasteiger partial charge in [0.2, 0.25) is 11.6 Å². The molecule has 196 valence electrons. The maximum Gasteiger partial charge on any atom is 0.344 e. The topological polar surface area (TPSA) is 150 Å². The number of nitro groups is 1. The molecule has 13 heteroatoms. The fourth-order valence-corrected chi connectivity index (χ4v) is 4.22. The minimum Gasteiger partial charge on any atom is -0.479 e. The van der Waals surface area contributed by atoms with Gasteiger partial charge in [-0.2, -0.15) is 9.78 Å². The lowest BCUT2D eigenvalue weighted by Crippen LogP contribution is -2.24. The molecule has 0 aliphatic carbocycles. The molecule has 0 spiro atoms. The van der Waals surface area contributed by atoms with Gasteiger partial charge in [0.1, 0.15) is 5.58 Å². The van der Waals surface area contributed by atoms with Crippen molar-refractivity contribution in [3.63, 3.8) is 0 Å². The molecule has 0 saturated carbocycles. The van der Waals surface area contributed by atoms with Crippen LogP contribution in [0.4, 0.5) is 5.69 Å². The van der Waals surface area contributed by atoms with E-state index in [-0.39, 0.29) is 33.3 Å². The number of carboxylic acid groups (broad SMARTS) is 1. The van der Waals surface area contributed by atoms with Crippen LogP contribution in [-0.4, -0.2) is 38.0 Å². The molecule has 0 fully saturated rings. The van der Waals surface area contributed by atoms with Crippen LogP contribution in [0.25, 0.3) is 33.5 Å². The molecule has 1 N–H and O–H groups in total. The second-order valence-electron chi connectivity index (χ2n) is 8.31. The lowest BCUT2D eigenvalue weighted by molar-refractivity contribution is -0.386. The first-order valence-corrected chi connectivity index (χ1v) is 12.0. The van der Waals surface area contributed by atoms with Gasteiger partial charge >= 0.3 is 11.7 Å². The van der Waals surface area contributed by atoms with E-state index in [1.807, 2.05) is 0 Å². The van der Waals surface area contributed by atoms with E-state index in [2.05, 4.69) is 10.1 Å². The zero-order valence-corrected chi connectivity index (χ0v) is 21.4. The van der Waals surface area contributed by atoms with Gasteiger partial charge in [0.15, 0.2) is 11.9 Å². The molecule has 39 heavy (non-hydrogen) atoms. The first kappa shape index (κ1) is 25.9. The summed E-state index contributed by atoms with van der Waals surface area (Å²) in [6.45, 7) is 1.21. The standard InChI is InChI=1S/C26H16Cl2N4O7/c1-13(26(34)35)38-23-15(9-17(28)11-20(23)32(36)37)12-29-31-24(30-19-5-3-2-4-18(19)25(31)33)22-10-14-8-16(27)6-7-21(14)39-22/h2-13H,1H3,(H,34,35)/t13-/m0/s1. The van der Waals surface area contributed by atoms with Gasteiger partial charge in [0.05, 0.1) is 22.0 Å². The SMILES string of the molecule is C[C@H](Oc1c(C=Nn2c(-c3cc4cc(Cl)ccc4o3)nc3ccccc3c2=O)cc(Cl)cc1[N+](=O)[O-])C(=O)O. The van der Waals surface area contributed by atoms with Crippen molar-refractivity contribution in [2.75, 3.05) is 0 Å². The van der Waals surface area contributed by atoms with E-state index in [9.17, 15) is 24.8 Å². The minimum absolute atomic E-state index is 0.0307. The number of para-hydroxylation sites is 1. The van der Waals surface area contributed by atoms with Crippen LogP contribution in [0.1, 0.15) is 12.5 Å². The number of hydrogen-bond acceptors (Lipinski definition) is 8. The number of furan rings is 1. The van der Waals surface area contributed by atoms with Gasteiger partial charge in [-0.25, -0.2) is 9.78 Å². The molecule has 2 aromatic heterocycles. The monoisotopic (exact) mass is 566 g/mol. The van der Waals surface area contributed by atoms with Crippen molar-refractivity contribution in [3.05, 3.63) is 96.7 Å². The Kier molecular flexibility index (Phi) is 6.77. The number of nitrogens with zero attached hydrogens (tertiary/aromatic N) is 4. The molecule has 0 amide bonds. The second kappa shape index (κ2) is 10.2. The van der Waals surface area contributed by atoms with E-state index in [4.69, 9.17) is 32.4 Å². The van der Waals surface area contributed by atoms with Crippen LogP contribution >= 0.6 is 23.2 Å². The molecule has 1 atom stereocenters. The van der Waals surface area contributed by atoms with Crippen LogP contribution in [0.3, 0.4) is 0 Å². The lowest BCUT2D eigenvalue weighted by Gasteiger charge is -2.13. The fourth-order valence-electron chi connectivity index (χ4n) is 3.82. The summed E-state index contributed by atoms with van der Waals surface area (Å²) in [6, 6.07) is 15.6. The van der Waals surface area contributed by atoms with Gasteiger partial charge in [-0.15, -0.1) is 0 Å². The van der Waals surface area contributed by atoms with Crippen molar-refractivity contribution in [2.24, 2.45) is 5.10 Å². The molecule has 5 rings (SSSR count). The summed E-state index contributed by atoms with van der Waals surface area (Å²) in [5.74, 6) is -1.48. The Balaban J connectivity index is 1.73. The van der Waals surface area contributed by atoms with Crippen molar-refractivity contribution in [2.45, 2.75) is 13.0 Å². The van der Waals surface area contributed by atoms with Crippen molar-refractivity contribution in [1.82, 2.24) is 9.66 Å². The number of carboxylic acids is 1. The van der Waals surface area contributed by atoms with E-state index in [1.165, 1.54) is 13.0 Å². The van der Waals surface area contributed by atoms with E-state index in [0.29, 0.717) is 21.5 Å². The summed E-state index contributed by atoms with van der Waals surface area (Å²) in [6.07, 6.45) is -0.330. The molecule has 3 aromatic carbocycles. The van der Waals surface area contributed by atoms with E-state index < -0.39 is 28.2 Å². The molecular formula is C26H16Cl2N4O7. The third-order valence-corrected chi connectivity index (χ3v) is 6.12. The van der Waals surface area contributed by atoms with Gasteiger partial charge in [-0.05, 0) is 49.4 Å². The van der Waals surface area contributed by atoms with Crippen LogP contribution in [0.2, 0.25) is 10.0 Å². The van der Waals surface area contributed by atoms with Gasteiger partial charge in [0.25, 0.3) is 5.56 Å². The average molecular weight is 567 g/mol. The van der Waals surface area contributed by atoms with Gasteiger partial charge in [-0.3, -0.25) is 14.9 Å². The van der Waals surface area contributed by atoms with E-state index >= 15 is 0 Å². The fraction of sp³-hybridized carbons (Fsp3) is 0.0769. The molecular weight excluding hydrogens is 551 g/mol. The summed E-state index contributed by atoms with van der Waals surface area (Å²) in [7, 11) is 0. The highest BCUT2D eigenvalue weighted by Gasteiger charge is 2.25. The van der Waals surface area contributed by atoms with Crippen molar-refractivity contribution < 1.29 is 24.0 Å². The predicted octanol–water partition coefficient (Wildman–Crippen LogP) is 5.76. The third-order valence-electron chi connectivity index (χ3n) is 5.67. The lowest BCUT2D eigenvalue weighted by atomic mass is 10.2. The number of aliphatic carboxylic acids is 1. The Morgan fingerprint density at radius 1 is 1.18 bits per heavy atom. The zero-order valence-electron chi connectivity index (χ0n) is 19.9.